The molecule has 1 aliphatic heterocycles. The van der Waals surface area contributed by atoms with E-state index in [1.165, 1.54) is 0 Å². The Labute approximate surface area is 163 Å². The quantitative estimate of drug-likeness (QED) is 0.554. The van der Waals surface area contributed by atoms with E-state index in [1.54, 1.807) is 11.3 Å². The summed E-state index contributed by atoms with van der Waals surface area (Å²) >= 11 is 7.77. The third-order valence-electron chi connectivity index (χ3n) is 5.70. The number of hydrogen-bond donors (Lipinski definition) is 0. The molecule has 2 fully saturated rings. The third-order valence-corrected chi connectivity index (χ3v) is 7.14. The van der Waals surface area contributed by atoms with Crippen molar-refractivity contribution in [3.05, 3.63) is 39.6 Å². The predicted molar refractivity (Wildman–Crippen MR) is 105 cm³/mol. The fraction of sp³-hybridized carbons (Fsp3) is 0.524. The maximum atomic E-state index is 13.0. The van der Waals surface area contributed by atoms with Crippen LogP contribution in [0.15, 0.2) is 24.3 Å². The van der Waals surface area contributed by atoms with Gasteiger partial charge in [0.1, 0.15) is 11.7 Å². The van der Waals surface area contributed by atoms with Crippen LogP contribution in [0.5, 0.6) is 0 Å². The van der Waals surface area contributed by atoms with Crippen molar-refractivity contribution in [3.63, 3.8) is 0 Å². The van der Waals surface area contributed by atoms with Gasteiger partial charge in [0, 0.05) is 35.3 Å². The van der Waals surface area contributed by atoms with Crippen molar-refractivity contribution in [1.29, 1.82) is 0 Å². The summed E-state index contributed by atoms with van der Waals surface area (Å²) in [6.07, 6.45) is 9.17. The molecule has 0 bridgehead atoms. The lowest BCUT2D eigenvalue weighted by molar-refractivity contribution is -0.125. The average molecular weight is 391 g/mol. The molecule has 4 unspecified atom stereocenters. The number of hydrogen-bond acceptors (Lipinski definition) is 4. The Morgan fingerprint density at radius 1 is 1.35 bits per heavy atom. The minimum absolute atomic E-state index is 0.0533. The van der Waals surface area contributed by atoms with Gasteiger partial charge in [-0.05, 0) is 49.3 Å². The van der Waals surface area contributed by atoms with Crippen LogP contribution in [0.1, 0.15) is 46.9 Å². The summed E-state index contributed by atoms with van der Waals surface area (Å²) in [6.45, 7) is 3.52. The Hall–Kier alpha value is -1.23. The molecule has 4 atom stereocenters. The number of thiophene rings is 1. The molecule has 2 aliphatic carbocycles. The zero-order valence-corrected chi connectivity index (χ0v) is 16.4. The molecule has 0 aromatic carbocycles. The Morgan fingerprint density at radius 2 is 2.19 bits per heavy atom. The SMILES string of the molecule is Cc1sc(C2=CCC(Cl)C=C2)cc1C1C(=O)CC(CC2CCOC2)C1=O. The number of carbonyl (C=O) groups is 2. The second-order valence-electron chi connectivity index (χ2n) is 7.56. The van der Waals surface area contributed by atoms with Crippen molar-refractivity contribution >= 4 is 40.1 Å². The molecule has 1 saturated carbocycles. The van der Waals surface area contributed by atoms with Crippen LogP contribution in [0, 0.1) is 18.8 Å². The minimum Gasteiger partial charge on any atom is -0.381 e. The second-order valence-corrected chi connectivity index (χ2v) is 9.38. The Kier molecular flexibility index (Phi) is 5.18. The molecule has 4 rings (SSSR count). The third kappa shape index (κ3) is 3.47. The number of carbonyl (C=O) groups excluding carboxylic acids is 2. The first kappa shape index (κ1) is 18.1. The van der Waals surface area contributed by atoms with E-state index in [0.29, 0.717) is 12.3 Å². The van der Waals surface area contributed by atoms with Crippen LogP contribution in [0.2, 0.25) is 0 Å². The van der Waals surface area contributed by atoms with Crippen LogP contribution in [-0.4, -0.2) is 30.2 Å². The second kappa shape index (κ2) is 7.41. The number of Topliss-reactive ketones (excluding diaryl/α,β-unsaturated/α-hetero) is 2. The summed E-state index contributed by atoms with van der Waals surface area (Å²) < 4.78 is 5.42. The highest BCUT2D eigenvalue weighted by Gasteiger charge is 2.44. The molecule has 0 amide bonds. The van der Waals surface area contributed by atoms with Crippen molar-refractivity contribution in [1.82, 2.24) is 0 Å². The van der Waals surface area contributed by atoms with E-state index in [1.807, 2.05) is 25.1 Å². The van der Waals surface area contributed by atoms with Crippen LogP contribution >= 0.6 is 22.9 Å². The normalized spacial score (nSPS) is 31.7. The minimum atomic E-state index is -0.568. The smallest absolute Gasteiger partial charge is 0.151 e. The highest BCUT2D eigenvalue weighted by Crippen LogP contribution is 2.41. The van der Waals surface area contributed by atoms with Crippen molar-refractivity contribution in [3.8, 4) is 0 Å². The maximum Gasteiger partial charge on any atom is 0.151 e. The fourth-order valence-electron chi connectivity index (χ4n) is 4.26. The molecule has 138 valence electrons. The first-order chi connectivity index (χ1) is 12.5. The van der Waals surface area contributed by atoms with Gasteiger partial charge in [0.2, 0.25) is 0 Å². The van der Waals surface area contributed by atoms with E-state index >= 15 is 0 Å². The van der Waals surface area contributed by atoms with E-state index in [4.69, 9.17) is 16.3 Å². The van der Waals surface area contributed by atoms with Crippen molar-refractivity contribution in [2.75, 3.05) is 13.2 Å². The van der Waals surface area contributed by atoms with Crippen molar-refractivity contribution in [2.45, 2.75) is 43.9 Å². The monoisotopic (exact) mass is 390 g/mol. The summed E-state index contributed by atoms with van der Waals surface area (Å²) in [7, 11) is 0. The van der Waals surface area contributed by atoms with Crippen molar-refractivity contribution < 1.29 is 14.3 Å². The van der Waals surface area contributed by atoms with E-state index in [-0.39, 0.29) is 22.9 Å². The van der Waals surface area contributed by atoms with Crippen molar-refractivity contribution in [2.24, 2.45) is 11.8 Å². The number of ether oxygens (including phenoxy) is 1. The van der Waals surface area contributed by atoms with Gasteiger partial charge in [0.25, 0.3) is 0 Å². The van der Waals surface area contributed by atoms with Gasteiger partial charge < -0.3 is 4.74 Å². The first-order valence-corrected chi connectivity index (χ1v) is 10.6. The number of rotatable bonds is 4. The molecule has 1 saturated heterocycles. The number of allylic oxidation sites excluding steroid dienone is 4. The molecular weight excluding hydrogens is 368 g/mol. The van der Waals surface area contributed by atoms with Gasteiger partial charge in [-0.25, -0.2) is 0 Å². The molecule has 5 heteroatoms. The topological polar surface area (TPSA) is 43.4 Å². The van der Waals surface area contributed by atoms with Gasteiger partial charge in [-0.3, -0.25) is 9.59 Å². The molecular formula is C21H23ClO3S. The summed E-state index contributed by atoms with van der Waals surface area (Å²) in [6, 6.07) is 2.05. The lowest BCUT2D eigenvalue weighted by Gasteiger charge is -2.13. The van der Waals surface area contributed by atoms with Crippen LogP contribution < -0.4 is 0 Å². The molecule has 2 heterocycles. The van der Waals surface area contributed by atoms with Gasteiger partial charge in [0.05, 0.1) is 5.38 Å². The molecule has 1 aromatic heterocycles. The molecule has 3 nitrogen and oxygen atoms in total. The average Bonchev–Trinajstić information content (AvgIpc) is 3.31. The van der Waals surface area contributed by atoms with Gasteiger partial charge in [-0.2, -0.15) is 0 Å². The lowest BCUT2D eigenvalue weighted by Crippen LogP contribution is -2.18. The van der Waals surface area contributed by atoms with E-state index in [2.05, 4.69) is 6.08 Å². The molecule has 26 heavy (non-hydrogen) atoms. The standard InChI is InChI=1S/C21H23ClO3S/c1-12-17(10-19(26-12)14-2-4-16(22)5-3-14)20-18(23)9-15(21(20)24)8-13-6-7-25-11-13/h2-4,10,13,15-16,20H,5-9,11H2,1H3. The summed E-state index contributed by atoms with van der Waals surface area (Å²) in [5.74, 6) is -0.0756. The van der Waals surface area contributed by atoms with Gasteiger partial charge in [-0.1, -0.05) is 18.2 Å². The largest absolute Gasteiger partial charge is 0.381 e. The van der Waals surface area contributed by atoms with Crippen LogP contribution in [0.25, 0.3) is 5.57 Å². The summed E-state index contributed by atoms with van der Waals surface area (Å²) in [4.78, 5) is 27.8. The highest BCUT2D eigenvalue weighted by atomic mass is 35.5. The molecule has 1 aromatic rings. The van der Waals surface area contributed by atoms with E-state index < -0.39 is 5.92 Å². The highest BCUT2D eigenvalue weighted by molar-refractivity contribution is 7.13. The molecule has 0 radical (unpaired) electrons. The Morgan fingerprint density at radius 3 is 2.88 bits per heavy atom. The molecule has 3 aliphatic rings. The Bertz CT molecular complexity index is 785. The number of alkyl halides is 1. The predicted octanol–water partition coefficient (Wildman–Crippen LogP) is 4.68. The molecule has 0 N–H and O–H groups in total. The first-order valence-electron chi connectivity index (χ1n) is 9.30. The fourth-order valence-corrected chi connectivity index (χ4v) is 5.50. The van der Waals surface area contributed by atoms with Gasteiger partial charge in [0.15, 0.2) is 5.78 Å². The van der Waals surface area contributed by atoms with Crippen LogP contribution in [0.4, 0.5) is 0 Å². The maximum absolute atomic E-state index is 13.0. The number of aryl methyl sites for hydroxylation is 1. The zero-order valence-electron chi connectivity index (χ0n) is 14.9. The summed E-state index contributed by atoms with van der Waals surface area (Å²) in [5, 5.41) is 0.0533. The van der Waals surface area contributed by atoms with E-state index in [0.717, 1.165) is 53.4 Å². The lowest BCUT2D eigenvalue weighted by atomic mass is 9.89. The van der Waals surface area contributed by atoms with Gasteiger partial charge >= 0.3 is 0 Å². The van der Waals surface area contributed by atoms with Gasteiger partial charge in [-0.15, -0.1) is 22.9 Å². The van der Waals surface area contributed by atoms with Crippen LogP contribution in [0.3, 0.4) is 0 Å². The molecule has 0 spiro atoms. The zero-order chi connectivity index (χ0) is 18.3. The van der Waals surface area contributed by atoms with E-state index in [9.17, 15) is 9.59 Å². The number of ketones is 2. The summed E-state index contributed by atoms with van der Waals surface area (Å²) in [5.41, 5.74) is 2.05. The van der Waals surface area contributed by atoms with Crippen LogP contribution in [-0.2, 0) is 14.3 Å². The Balaban J connectivity index is 1.54. The number of halogens is 1.